The van der Waals surface area contributed by atoms with Crippen molar-refractivity contribution in [1.82, 2.24) is 19.7 Å². The number of rotatable bonds is 6. The van der Waals surface area contributed by atoms with Crippen molar-refractivity contribution in [3.8, 4) is 22.4 Å². The van der Waals surface area contributed by atoms with Gasteiger partial charge in [-0.1, -0.05) is 0 Å². The lowest BCUT2D eigenvalue weighted by molar-refractivity contribution is -0.145. The molecule has 3 aromatic rings. The number of hydrogen-bond acceptors (Lipinski definition) is 4. The Morgan fingerprint density at radius 2 is 2.00 bits per heavy atom. The summed E-state index contributed by atoms with van der Waals surface area (Å²) in [6, 6.07) is 5.81. The van der Waals surface area contributed by atoms with Crippen molar-refractivity contribution in [3.05, 3.63) is 48.2 Å². The fourth-order valence-corrected chi connectivity index (χ4v) is 4.45. The van der Waals surface area contributed by atoms with Crippen LogP contribution in [0.15, 0.2) is 41.7 Å². The van der Waals surface area contributed by atoms with E-state index >= 15 is 0 Å². The zero-order valence-corrected chi connectivity index (χ0v) is 20.3. The minimum absolute atomic E-state index is 0.0307. The average molecular weight is 515 g/mol. The summed E-state index contributed by atoms with van der Waals surface area (Å²) in [6.45, 7) is 2.10. The maximum Gasteiger partial charge on any atom is 0.333 e. The molecule has 1 aliphatic heterocycles. The number of H-pyrrole nitrogens is 1. The fraction of sp³-hybridized carbons (Fsp3) is 0.292. The first-order valence-electron chi connectivity index (χ1n) is 11.2. The van der Waals surface area contributed by atoms with Crippen LogP contribution in [0.4, 0.5) is 18.9 Å². The van der Waals surface area contributed by atoms with Crippen LogP contribution in [0.5, 0.6) is 0 Å². The van der Waals surface area contributed by atoms with E-state index in [1.807, 2.05) is 0 Å². The number of aromatic nitrogens is 3. The number of benzene rings is 1. The third-order valence-electron chi connectivity index (χ3n) is 6.31. The third kappa shape index (κ3) is 4.59. The molecular formula is C24H25F3N8O2. The van der Waals surface area contributed by atoms with Gasteiger partial charge in [0.1, 0.15) is 23.5 Å². The molecule has 4 N–H and O–H groups in total. The first-order chi connectivity index (χ1) is 17.4. The molecule has 0 aliphatic carbocycles. The lowest BCUT2D eigenvalue weighted by Gasteiger charge is -2.45. The van der Waals surface area contributed by atoms with Crippen LogP contribution in [0.1, 0.15) is 33.0 Å². The molecule has 0 spiro atoms. The lowest BCUT2D eigenvalue weighted by Crippen LogP contribution is -2.64. The number of nitrogens with two attached hydrogens (primary N) is 1. The van der Waals surface area contributed by atoms with Crippen LogP contribution in [0, 0.1) is 11.2 Å². The predicted molar refractivity (Wildman–Crippen MR) is 132 cm³/mol. The predicted octanol–water partition coefficient (Wildman–Crippen LogP) is 3.37. The van der Waals surface area contributed by atoms with E-state index in [9.17, 15) is 22.8 Å². The van der Waals surface area contributed by atoms with E-state index in [-0.39, 0.29) is 36.2 Å². The number of nitrogens with one attached hydrogen (secondary N) is 2. The monoisotopic (exact) mass is 514 g/mol. The summed E-state index contributed by atoms with van der Waals surface area (Å²) < 4.78 is 41.6. The molecule has 0 radical (unpaired) electrons. The molecule has 10 nitrogen and oxygen atoms in total. The molecular weight excluding hydrogens is 489 g/mol. The molecule has 3 heterocycles. The number of anilines is 1. The molecule has 2 amide bonds. The molecule has 2 aromatic heterocycles. The van der Waals surface area contributed by atoms with Crippen LogP contribution in [0.3, 0.4) is 0 Å². The molecule has 194 valence electrons. The van der Waals surface area contributed by atoms with E-state index in [4.69, 9.17) is 11.1 Å². The Bertz CT molecular complexity index is 1410. The van der Waals surface area contributed by atoms with Crippen molar-refractivity contribution in [1.29, 1.82) is 5.41 Å². The zero-order valence-electron chi connectivity index (χ0n) is 20.3. The normalized spacial score (nSPS) is 16.0. The van der Waals surface area contributed by atoms with E-state index < -0.39 is 23.8 Å². The molecule has 1 saturated heterocycles. The summed E-state index contributed by atoms with van der Waals surface area (Å²) in [5.74, 6) is -1.38. The van der Waals surface area contributed by atoms with E-state index in [0.29, 0.717) is 27.1 Å². The second-order valence-electron chi connectivity index (χ2n) is 8.95. The average Bonchev–Trinajstić information content (AvgIpc) is 3.49. The number of alkyl halides is 2. The zero-order chi connectivity index (χ0) is 27.1. The molecule has 1 fully saturated rings. The summed E-state index contributed by atoms with van der Waals surface area (Å²) in [6.07, 6.45) is 3.13. The SMILES string of the molecule is CC(=O)N1CCN(c2cc(-c3cc(-c4cnn(C(F)F)c4)c(C(N)=NC=N)[nH]3)ccc2F)C(=O)C1(C)C. The van der Waals surface area contributed by atoms with Crippen molar-refractivity contribution < 1.29 is 22.8 Å². The molecule has 1 aromatic carbocycles. The van der Waals surface area contributed by atoms with Crippen molar-refractivity contribution in [3.63, 3.8) is 0 Å². The van der Waals surface area contributed by atoms with Gasteiger partial charge in [0.05, 0.1) is 17.6 Å². The second-order valence-corrected chi connectivity index (χ2v) is 8.95. The topological polar surface area (TPSA) is 136 Å². The lowest BCUT2D eigenvalue weighted by atomic mass is 9.96. The minimum Gasteiger partial charge on any atom is -0.382 e. The Morgan fingerprint density at radius 3 is 2.62 bits per heavy atom. The van der Waals surface area contributed by atoms with Crippen LogP contribution in [-0.4, -0.2) is 62.3 Å². The number of aromatic amines is 1. The summed E-state index contributed by atoms with van der Waals surface area (Å²) in [7, 11) is 0. The Labute approximate surface area is 210 Å². The summed E-state index contributed by atoms with van der Waals surface area (Å²) in [5, 5.41) is 10.9. The minimum atomic E-state index is -2.84. The molecule has 37 heavy (non-hydrogen) atoms. The largest absolute Gasteiger partial charge is 0.382 e. The molecule has 0 saturated carbocycles. The molecule has 0 unspecified atom stereocenters. The van der Waals surface area contributed by atoms with Crippen LogP contribution in [0.25, 0.3) is 22.4 Å². The van der Waals surface area contributed by atoms with Crippen molar-refractivity contribution >= 4 is 29.7 Å². The third-order valence-corrected chi connectivity index (χ3v) is 6.31. The fourth-order valence-electron chi connectivity index (χ4n) is 4.45. The van der Waals surface area contributed by atoms with Gasteiger partial charge in [0.2, 0.25) is 5.91 Å². The highest BCUT2D eigenvalue weighted by Gasteiger charge is 2.44. The van der Waals surface area contributed by atoms with Gasteiger partial charge >= 0.3 is 6.55 Å². The quantitative estimate of drug-likeness (QED) is 0.343. The molecule has 1 aliphatic rings. The van der Waals surface area contributed by atoms with Crippen LogP contribution < -0.4 is 10.6 Å². The second kappa shape index (κ2) is 9.56. The molecule has 0 atom stereocenters. The number of aliphatic imine (C=N–C) groups is 1. The summed E-state index contributed by atoms with van der Waals surface area (Å²) >= 11 is 0. The van der Waals surface area contributed by atoms with Gasteiger partial charge in [-0.3, -0.25) is 15.0 Å². The van der Waals surface area contributed by atoms with Gasteiger partial charge < -0.3 is 20.5 Å². The van der Waals surface area contributed by atoms with Crippen molar-refractivity contribution in [2.45, 2.75) is 32.9 Å². The first kappa shape index (κ1) is 25.7. The van der Waals surface area contributed by atoms with Gasteiger partial charge in [-0.2, -0.15) is 13.9 Å². The highest BCUT2D eigenvalue weighted by molar-refractivity contribution is 6.06. The first-order valence-corrected chi connectivity index (χ1v) is 11.2. The number of carbonyl (C=O) groups is 2. The maximum absolute atomic E-state index is 15.0. The summed E-state index contributed by atoms with van der Waals surface area (Å²) in [5.41, 5.74) is 6.76. The van der Waals surface area contributed by atoms with Gasteiger partial charge in [-0.15, -0.1) is 0 Å². The molecule has 4 rings (SSSR count). The number of piperazine rings is 1. The number of amidine groups is 1. The maximum atomic E-state index is 15.0. The number of nitrogens with zero attached hydrogens (tertiary/aromatic N) is 5. The Hall–Kier alpha value is -4.42. The van der Waals surface area contributed by atoms with Crippen LogP contribution in [-0.2, 0) is 9.59 Å². The standard InChI is InChI=1S/C24H25F3N8O2/c1-13(36)34-7-6-33(22(37)24(34,2)3)19-8-14(4-5-17(19)25)18-9-16(20(32-18)21(29)30-12-28)15-10-31-35(11-15)23(26)27/h4-5,8-12,23,32H,6-7H2,1-3H3,(H3,28,29,30). The summed E-state index contributed by atoms with van der Waals surface area (Å²) in [4.78, 5) is 34.8. The highest BCUT2D eigenvalue weighted by atomic mass is 19.3. The van der Waals surface area contributed by atoms with E-state index in [1.165, 1.54) is 41.1 Å². The smallest absolute Gasteiger partial charge is 0.333 e. The number of halogens is 3. The van der Waals surface area contributed by atoms with Gasteiger partial charge in [-0.05, 0) is 38.1 Å². The number of amides is 2. The number of carbonyl (C=O) groups excluding carboxylic acids is 2. The van der Waals surface area contributed by atoms with E-state index in [2.05, 4.69) is 15.1 Å². The molecule has 13 heteroatoms. The van der Waals surface area contributed by atoms with Crippen LogP contribution in [0.2, 0.25) is 0 Å². The number of hydrogen-bond donors (Lipinski definition) is 3. The van der Waals surface area contributed by atoms with E-state index in [0.717, 1.165) is 12.5 Å². The highest BCUT2D eigenvalue weighted by Crippen LogP contribution is 2.35. The Kier molecular flexibility index (Phi) is 6.63. The van der Waals surface area contributed by atoms with Gasteiger partial charge in [0, 0.05) is 48.6 Å². The Balaban J connectivity index is 1.78. The van der Waals surface area contributed by atoms with Gasteiger partial charge in [0.25, 0.3) is 5.91 Å². The molecule has 0 bridgehead atoms. The van der Waals surface area contributed by atoms with Gasteiger partial charge in [-0.25, -0.2) is 14.1 Å². The van der Waals surface area contributed by atoms with Crippen molar-refractivity contribution in [2.24, 2.45) is 10.7 Å². The van der Waals surface area contributed by atoms with Crippen molar-refractivity contribution in [2.75, 3.05) is 18.0 Å². The van der Waals surface area contributed by atoms with Crippen LogP contribution >= 0.6 is 0 Å². The Morgan fingerprint density at radius 1 is 1.27 bits per heavy atom. The van der Waals surface area contributed by atoms with Gasteiger partial charge in [0.15, 0.2) is 0 Å². The van der Waals surface area contributed by atoms with E-state index in [1.54, 1.807) is 19.9 Å².